The van der Waals surface area contributed by atoms with Gasteiger partial charge in [-0.1, -0.05) is 12.1 Å². The summed E-state index contributed by atoms with van der Waals surface area (Å²) in [6.45, 7) is 4.88. The summed E-state index contributed by atoms with van der Waals surface area (Å²) in [4.78, 5) is 2.34. The predicted molar refractivity (Wildman–Crippen MR) is 72.7 cm³/mol. The highest BCUT2D eigenvalue weighted by Gasteiger charge is 2.16. The van der Waals surface area contributed by atoms with Crippen molar-refractivity contribution in [2.45, 2.75) is 45.1 Å². The summed E-state index contributed by atoms with van der Waals surface area (Å²) in [5.74, 6) is 0. The Bertz CT molecular complexity index is 392. The average Bonchev–Trinajstić information content (AvgIpc) is 2.38. The second kappa shape index (κ2) is 4.69. The second-order valence-electron chi connectivity index (χ2n) is 5.83. The maximum atomic E-state index is 9.87. The Morgan fingerprint density at radius 1 is 1.29 bits per heavy atom. The molecule has 1 N–H and O–H groups in total. The molecule has 2 heteroatoms. The Hall–Kier alpha value is -1.02. The highest BCUT2D eigenvalue weighted by molar-refractivity contribution is 5.55. The van der Waals surface area contributed by atoms with Crippen molar-refractivity contribution in [1.82, 2.24) is 0 Å². The summed E-state index contributed by atoms with van der Waals surface area (Å²) in [5, 5.41) is 9.87. The summed E-state index contributed by atoms with van der Waals surface area (Å²) < 4.78 is 0. The normalized spacial score (nSPS) is 16.6. The molecule has 2 nitrogen and oxygen atoms in total. The number of aryl methyl sites for hydroxylation is 1. The van der Waals surface area contributed by atoms with Crippen LogP contribution < -0.4 is 4.90 Å². The zero-order valence-corrected chi connectivity index (χ0v) is 11.2. The Morgan fingerprint density at radius 3 is 2.76 bits per heavy atom. The van der Waals surface area contributed by atoms with Gasteiger partial charge in [-0.2, -0.15) is 0 Å². The van der Waals surface area contributed by atoms with E-state index in [0.717, 1.165) is 13.0 Å². The Labute approximate surface area is 104 Å². The molecule has 0 bridgehead atoms. The predicted octanol–water partition coefficient (Wildman–Crippen LogP) is 2.77. The lowest BCUT2D eigenvalue weighted by Crippen LogP contribution is -2.22. The summed E-state index contributed by atoms with van der Waals surface area (Å²) in [5.41, 5.74) is 3.42. The lowest BCUT2D eigenvalue weighted by Gasteiger charge is -2.22. The number of fused-ring (bicyclic) bond motifs is 1. The van der Waals surface area contributed by atoms with Gasteiger partial charge in [0.25, 0.3) is 0 Å². The van der Waals surface area contributed by atoms with Gasteiger partial charge >= 0.3 is 0 Å². The minimum atomic E-state index is -0.620. The SMILES string of the molecule is CN1CCCCc2cc(CC(C)(C)O)ccc21. The van der Waals surface area contributed by atoms with Crippen molar-refractivity contribution in [2.24, 2.45) is 0 Å². The first-order valence-corrected chi connectivity index (χ1v) is 6.51. The third-order valence-corrected chi connectivity index (χ3v) is 3.38. The van der Waals surface area contributed by atoms with Crippen LogP contribution in [0.3, 0.4) is 0 Å². The van der Waals surface area contributed by atoms with E-state index in [9.17, 15) is 5.11 Å². The molecule has 2 rings (SSSR count). The Kier molecular flexibility index (Phi) is 3.43. The maximum Gasteiger partial charge on any atom is 0.0631 e. The van der Waals surface area contributed by atoms with Crippen LogP contribution in [-0.2, 0) is 12.8 Å². The number of rotatable bonds is 2. The molecule has 17 heavy (non-hydrogen) atoms. The number of nitrogens with zero attached hydrogens (tertiary/aromatic N) is 1. The van der Waals surface area contributed by atoms with Crippen LogP contribution in [0.2, 0.25) is 0 Å². The fourth-order valence-corrected chi connectivity index (χ4v) is 2.61. The number of hydrogen-bond acceptors (Lipinski definition) is 2. The Morgan fingerprint density at radius 2 is 2.06 bits per heavy atom. The van der Waals surface area contributed by atoms with Crippen molar-refractivity contribution in [3.63, 3.8) is 0 Å². The molecule has 0 aliphatic carbocycles. The van der Waals surface area contributed by atoms with Crippen molar-refractivity contribution in [3.8, 4) is 0 Å². The van der Waals surface area contributed by atoms with E-state index in [1.807, 2.05) is 13.8 Å². The van der Waals surface area contributed by atoms with E-state index in [1.54, 1.807) is 0 Å². The third-order valence-electron chi connectivity index (χ3n) is 3.38. The van der Waals surface area contributed by atoms with Crippen molar-refractivity contribution in [3.05, 3.63) is 29.3 Å². The molecule has 1 aromatic rings. The van der Waals surface area contributed by atoms with E-state index in [2.05, 4.69) is 30.1 Å². The molecular formula is C15H23NO. The molecular weight excluding hydrogens is 210 g/mol. The van der Waals surface area contributed by atoms with Gasteiger partial charge in [-0.25, -0.2) is 0 Å². The molecule has 0 atom stereocenters. The summed E-state index contributed by atoms with van der Waals surface area (Å²) in [6, 6.07) is 6.63. The van der Waals surface area contributed by atoms with Crippen molar-refractivity contribution in [2.75, 3.05) is 18.5 Å². The molecule has 0 saturated heterocycles. The molecule has 0 fully saturated rings. The van der Waals surface area contributed by atoms with Gasteiger partial charge in [0.15, 0.2) is 0 Å². The molecule has 0 saturated carbocycles. The number of benzene rings is 1. The molecule has 1 aromatic carbocycles. The zero-order valence-electron chi connectivity index (χ0n) is 11.2. The van der Waals surface area contributed by atoms with Gasteiger partial charge in [-0.15, -0.1) is 0 Å². The standard InChI is InChI=1S/C15H23NO/c1-15(2,17)11-12-7-8-14-13(10-12)6-4-5-9-16(14)3/h7-8,10,17H,4-6,9,11H2,1-3H3. The van der Waals surface area contributed by atoms with Gasteiger partial charge in [0.05, 0.1) is 5.60 Å². The number of anilines is 1. The Balaban J connectivity index is 2.27. The minimum absolute atomic E-state index is 0.620. The molecule has 1 aliphatic heterocycles. The molecule has 1 aliphatic rings. The molecule has 0 aromatic heterocycles. The van der Waals surface area contributed by atoms with Crippen LogP contribution in [0.1, 0.15) is 37.8 Å². The maximum absolute atomic E-state index is 9.87. The molecule has 0 amide bonds. The van der Waals surface area contributed by atoms with Crippen LogP contribution in [0.5, 0.6) is 0 Å². The van der Waals surface area contributed by atoms with Gasteiger partial charge in [0, 0.05) is 25.7 Å². The van der Waals surface area contributed by atoms with Gasteiger partial charge in [-0.3, -0.25) is 0 Å². The van der Waals surface area contributed by atoms with Crippen LogP contribution >= 0.6 is 0 Å². The zero-order chi connectivity index (χ0) is 12.5. The monoisotopic (exact) mass is 233 g/mol. The summed E-state index contributed by atoms with van der Waals surface area (Å²) in [7, 11) is 2.17. The van der Waals surface area contributed by atoms with E-state index in [-0.39, 0.29) is 0 Å². The third kappa shape index (κ3) is 3.22. The molecule has 94 valence electrons. The van der Waals surface area contributed by atoms with Crippen LogP contribution in [0, 0.1) is 0 Å². The van der Waals surface area contributed by atoms with E-state index in [1.165, 1.54) is 36.1 Å². The smallest absolute Gasteiger partial charge is 0.0631 e. The van der Waals surface area contributed by atoms with Crippen molar-refractivity contribution >= 4 is 5.69 Å². The van der Waals surface area contributed by atoms with Gasteiger partial charge in [0.2, 0.25) is 0 Å². The molecule has 0 radical (unpaired) electrons. The largest absolute Gasteiger partial charge is 0.390 e. The van der Waals surface area contributed by atoms with Gasteiger partial charge < -0.3 is 10.0 Å². The van der Waals surface area contributed by atoms with Crippen LogP contribution in [0.4, 0.5) is 5.69 Å². The van der Waals surface area contributed by atoms with Crippen LogP contribution in [0.15, 0.2) is 18.2 Å². The van der Waals surface area contributed by atoms with E-state index in [0.29, 0.717) is 0 Å². The summed E-state index contributed by atoms with van der Waals surface area (Å²) >= 11 is 0. The van der Waals surface area contributed by atoms with E-state index in [4.69, 9.17) is 0 Å². The first-order chi connectivity index (χ1) is 7.96. The molecule has 0 unspecified atom stereocenters. The lowest BCUT2D eigenvalue weighted by atomic mass is 9.95. The summed E-state index contributed by atoms with van der Waals surface area (Å²) in [6.07, 6.45) is 4.43. The number of aliphatic hydroxyl groups is 1. The first-order valence-electron chi connectivity index (χ1n) is 6.51. The van der Waals surface area contributed by atoms with Gasteiger partial charge in [0.1, 0.15) is 0 Å². The average molecular weight is 233 g/mol. The first kappa shape index (κ1) is 12.4. The van der Waals surface area contributed by atoms with E-state index >= 15 is 0 Å². The fraction of sp³-hybridized carbons (Fsp3) is 0.600. The minimum Gasteiger partial charge on any atom is -0.390 e. The lowest BCUT2D eigenvalue weighted by molar-refractivity contribution is 0.0810. The molecule has 0 spiro atoms. The van der Waals surface area contributed by atoms with Crippen molar-refractivity contribution < 1.29 is 5.11 Å². The van der Waals surface area contributed by atoms with Gasteiger partial charge in [-0.05, 0) is 50.3 Å². The quantitative estimate of drug-likeness (QED) is 0.849. The van der Waals surface area contributed by atoms with Crippen LogP contribution in [0.25, 0.3) is 0 Å². The highest BCUT2D eigenvalue weighted by Crippen LogP contribution is 2.27. The van der Waals surface area contributed by atoms with Crippen LogP contribution in [-0.4, -0.2) is 24.3 Å². The molecule has 1 heterocycles. The fourth-order valence-electron chi connectivity index (χ4n) is 2.61. The highest BCUT2D eigenvalue weighted by atomic mass is 16.3. The number of hydrogen-bond donors (Lipinski definition) is 1. The topological polar surface area (TPSA) is 23.5 Å². The van der Waals surface area contributed by atoms with E-state index < -0.39 is 5.60 Å². The second-order valence-corrected chi connectivity index (χ2v) is 5.83. The van der Waals surface area contributed by atoms with Crippen molar-refractivity contribution in [1.29, 1.82) is 0 Å².